The van der Waals surface area contributed by atoms with Crippen molar-refractivity contribution < 1.29 is 9.53 Å². The van der Waals surface area contributed by atoms with Crippen LogP contribution in [-0.2, 0) is 11.2 Å². The molecule has 0 saturated carbocycles. The van der Waals surface area contributed by atoms with Crippen molar-refractivity contribution in [2.75, 3.05) is 12.4 Å². The molecule has 0 fully saturated rings. The zero-order valence-electron chi connectivity index (χ0n) is 10.6. The number of anilines is 1. The van der Waals surface area contributed by atoms with Gasteiger partial charge in [0.15, 0.2) is 0 Å². The van der Waals surface area contributed by atoms with Crippen LogP contribution in [0.5, 0.6) is 5.75 Å². The Morgan fingerprint density at radius 3 is 2.76 bits per heavy atom. The van der Waals surface area contributed by atoms with Gasteiger partial charge in [0, 0.05) is 18.7 Å². The maximum Gasteiger partial charge on any atom is 0.221 e. The van der Waals surface area contributed by atoms with E-state index in [9.17, 15) is 4.79 Å². The Morgan fingerprint density at radius 1 is 1.53 bits per heavy atom. The van der Waals surface area contributed by atoms with Crippen molar-refractivity contribution in [3.8, 4) is 5.75 Å². The van der Waals surface area contributed by atoms with E-state index in [1.54, 1.807) is 7.11 Å². The Labute approximate surface area is 102 Å². The van der Waals surface area contributed by atoms with Crippen LogP contribution >= 0.6 is 0 Å². The van der Waals surface area contributed by atoms with Crippen LogP contribution in [0.25, 0.3) is 0 Å². The van der Waals surface area contributed by atoms with Gasteiger partial charge >= 0.3 is 0 Å². The summed E-state index contributed by atoms with van der Waals surface area (Å²) in [5.74, 6) is 0.757. The summed E-state index contributed by atoms with van der Waals surface area (Å²) in [5.41, 5.74) is 7.60. The van der Waals surface area contributed by atoms with Crippen LogP contribution in [0.15, 0.2) is 18.2 Å². The number of amides is 1. The molecule has 0 aliphatic rings. The van der Waals surface area contributed by atoms with E-state index in [-0.39, 0.29) is 11.9 Å². The van der Waals surface area contributed by atoms with Crippen molar-refractivity contribution in [1.29, 1.82) is 0 Å². The number of carbonyl (C=O) groups is 1. The first-order valence-electron chi connectivity index (χ1n) is 5.73. The minimum atomic E-state index is -0.0756. The van der Waals surface area contributed by atoms with E-state index < -0.39 is 0 Å². The van der Waals surface area contributed by atoms with E-state index in [4.69, 9.17) is 10.5 Å². The average Bonchev–Trinajstić information content (AvgIpc) is 2.25. The van der Waals surface area contributed by atoms with Crippen molar-refractivity contribution in [3.05, 3.63) is 23.8 Å². The van der Waals surface area contributed by atoms with Gasteiger partial charge in [0.25, 0.3) is 0 Å². The monoisotopic (exact) mass is 236 g/mol. The highest BCUT2D eigenvalue weighted by Gasteiger charge is 2.06. The Morgan fingerprint density at radius 2 is 2.24 bits per heavy atom. The Hall–Kier alpha value is -1.55. The normalized spacial score (nSPS) is 12.0. The first-order valence-corrected chi connectivity index (χ1v) is 5.73. The van der Waals surface area contributed by atoms with Gasteiger partial charge in [0.2, 0.25) is 5.91 Å². The zero-order valence-corrected chi connectivity index (χ0v) is 10.6. The molecule has 0 bridgehead atoms. The van der Waals surface area contributed by atoms with Gasteiger partial charge in [-0.1, -0.05) is 0 Å². The maximum absolute atomic E-state index is 11.0. The molecule has 0 saturated heterocycles. The summed E-state index contributed by atoms with van der Waals surface area (Å²) in [5, 5.41) is 2.76. The fraction of sp³-hybridized carbons (Fsp3) is 0.462. The van der Waals surface area contributed by atoms with E-state index in [0.717, 1.165) is 29.8 Å². The number of nitrogens with one attached hydrogen (secondary N) is 1. The Bertz CT molecular complexity index is 389. The smallest absolute Gasteiger partial charge is 0.221 e. The predicted molar refractivity (Wildman–Crippen MR) is 69.3 cm³/mol. The van der Waals surface area contributed by atoms with Crippen molar-refractivity contribution in [2.45, 2.75) is 32.7 Å². The largest absolute Gasteiger partial charge is 0.496 e. The molecular weight excluding hydrogens is 216 g/mol. The lowest BCUT2D eigenvalue weighted by atomic mass is 10.0. The quantitative estimate of drug-likeness (QED) is 0.821. The van der Waals surface area contributed by atoms with Gasteiger partial charge in [-0.15, -0.1) is 0 Å². The van der Waals surface area contributed by atoms with Crippen LogP contribution in [0.2, 0.25) is 0 Å². The molecule has 0 heterocycles. The maximum atomic E-state index is 11.0. The second kappa shape index (κ2) is 6.25. The van der Waals surface area contributed by atoms with Gasteiger partial charge in [0.05, 0.1) is 7.11 Å². The summed E-state index contributed by atoms with van der Waals surface area (Å²) in [6, 6.07) is 5.78. The zero-order chi connectivity index (χ0) is 12.8. The topological polar surface area (TPSA) is 64.3 Å². The summed E-state index contributed by atoms with van der Waals surface area (Å²) in [6.45, 7) is 3.47. The Balaban J connectivity index is 2.85. The lowest BCUT2D eigenvalue weighted by Crippen LogP contribution is -2.15. The molecule has 0 aliphatic heterocycles. The molecular formula is C13H20N2O2. The van der Waals surface area contributed by atoms with Crippen molar-refractivity contribution in [1.82, 2.24) is 0 Å². The number of nitrogens with two attached hydrogens (primary N) is 1. The summed E-state index contributed by atoms with van der Waals surface area (Å²) in [6.07, 6.45) is 1.73. The number of methoxy groups -OCH3 is 1. The number of ether oxygens (including phenoxy) is 1. The molecule has 1 aromatic carbocycles. The van der Waals surface area contributed by atoms with Crippen LogP contribution in [0.4, 0.5) is 5.69 Å². The van der Waals surface area contributed by atoms with Gasteiger partial charge in [-0.05, 0) is 43.5 Å². The average molecular weight is 236 g/mol. The second-order valence-corrected chi connectivity index (χ2v) is 4.22. The third kappa shape index (κ3) is 4.44. The molecule has 1 unspecified atom stereocenters. The van der Waals surface area contributed by atoms with Crippen LogP contribution in [0.1, 0.15) is 25.8 Å². The molecule has 3 N–H and O–H groups in total. The predicted octanol–water partition coefficient (Wildman–Crippen LogP) is 1.93. The molecule has 1 amide bonds. The van der Waals surface area contributed by atoms with Crippen molar-refractivity contribution in [2.24, 2.45) is 5.73 Å². The molecule has 94 valence electrons. The number of aryl methyl sites for hydroxylation is 1. The van der Waals surface area contributed by atoms with Crippen LogP contribution in [0, 0.1) is 0 Å². The number of hydrogen-bond donors (Lipinski definition) is 2. The summed E-state index contributed by atoms with van der Waals surface area (Å²) < 4.78 is 5.28. The highest BCUT2D eigenvalue weighted by molar-refractivity contribution is 5.88. The molecule has 0 aromatic heterocycles. The standard InChI is InChI=1S/C13H20N2O2/c1-9(14)4-5-11-8-12(15-10(2)16)6-7-13(11)17-3/h6-9H,4-5,14H2,1-3H3,(H,15,16). The molecule has 1 atom stereocenters. The lowest BCUT2D eigenvalue weighted by Gasteiger charge is -2.12. The van der Waals surface area contributed by atoms with E-state index >= 15 is 0 Å². The molecule has 4 nitrogen and oxygen atoms in total. The first kappa shape index (κ1) is 13.5. The van der Waals surface area contributed by atoms with Gasteiger partial charge in [0.1, 0.15) is 5.75 Å². The molecule has 4 heteroatoms. The minimum Gasteiger partial charge on any atom is -0.496 e. The van der Waals surface area contributed by atoms with Gasteiger partial charge in [-0.2, -0.15) is 0 Å². The van der Waals surface area contributed by atoms with E-state index in [1.807, 2.05) is 25.1 Å². The number of carbonyl (C=O) groups excluding carboxylic acids is 1. The van der Waals surface area contributed by atoms with Crippen molar-refractivity contribution in [3.63, 3.8) is 0 Å². The van der Waals surface area contributed by atoms with E-state index in [0.29, 0.717) is 0 Å². The third-order valence-corrected chi connectivity index (χ3v) is 2.47. The van der Waals surface area contributed by atoms with Crippen LogP contribution < -0.4 is 15.8 Å². The second-order valence-electron chi connectivity index (χ2n) is 4.22. The number of rotatable bonds is 5. The molecule has 1 rings (SSSR count). The highest BCUT2D eigenvalue weighted by atomic mass is 16.5. The lowest BCUT2D eigenvalue weighted by molar-refractivity contribution is -0.114. The summed E-state index contributed by atoms with van der Waals surface area (Å²) >= 11 is 0. The minimum absolute atomic E-state index is 0.0756. The SMILES string of the molecule is COc1ccc(NC(C)=O)cc1CCC(C)N. The van der Waals surface area contributed by atoms with E-state index in [2.05, 4.69) is 5.32 Å². The van der Waals surface area contributed by atoms with Gasteiger partial charge in [-0.25, -0.2) is 0 Å². The molecule has 0 aliphatic carbocycles. The Kier molecular flexibility index (Phi) is 4.97. The molecule has 0 spiro atoms. The summed E-state index contributed by atoms with van der Waals surface area (Å²) in [4.78, 5) is 11.0. The molecule has 1 aromatic rings. The van der Waals surface area contributed by atoms with Crippen LogP contribution in [-0.4, -0.2) is 19.1 Å². The fourth-order valence-electron chi connectivity index (χ4n) is 1.64. The van der Waals surface area contributed by atoms with Crippen LogP contribution in [0.3, 0.4) is 0 Å². The summed E-state index contributed by atoms with van der Waals surface area (Å²) in [7, 11) is 1.64. The van der Waals surface area contributed by atoms with Gasteiger partial charge in [-0.3, -0.25) is 4.79 Å². The highest BCUT2D eigenvalue weighted by Crippen LogP contribution is 2.24. The van der Waals surface area contributed by atoms with Crippen molar-refractivity contribution >= 4 is 11.6 Å². The first-order chi connectivity index (χ1) is 8.02. The van der Waals surface area contributed by atoms with E-state index in [1.165, 1.54) is 6.92 Å². The van der Waals surface area contributed by atoms with Gasteiger partial charge < -0.3 is 15.8 Å². The number of hydrogen-bond acceptors (Lipinski definition) is 3. The fourth-order valence-corrected chi connectivity index (χ4v) is 1.64. The number of benzene rings is 1. The third-order valence-electron chi connectivity index (χ3n) is 2.47. The molecule has 0 radical (unpaired) electrons. The molecule has 17 heavy (non-hydrogen) atoms.